The quantitative estimate of drug-likeness (QED) is 0.504. The number of H-pyrrole nitrogens is 1. The second-order valence-corrected chi connectivity index (χ2v) is 7.18. The minimum Gasteiger partial charge on any atom is -0.494 e. The molecule has 2 amide bonds. The lowest BCUT2D eigenvalue weighted by Gasteiger charge is -2.23. The highest BCUT2D eigenvalue weighted by atomic mass is 35.5. The number of hydrogen-bond donors (Lipinski definition) is 3. The molecule has 0 atom stereocenters. The minimum atomic E-state index is -0.381. The number of nitrogens with zero attached hydrogens (tertiary/aromatic N) is 1. The van der Waals surface area contributed by atoms with Crippen molar-refractivity contribution in [3.8, 4) is 5.75 Å². The van der Waals surface area contributed by atoms with Gasteiger partial charge in [-0.2, -0.15) is 0 Å². The van der Waals surface area contributed by atoms with Crippen molar-refractivity contribution >= 4 is 34.2 Å². The van der Waals surface area contributed by atoms with Crippen molar-refractivity contribution in [1.82, 2.24) is 9.88 Å². The normalized spacial score (nSPS) is 10.8. The molecule has 1 heterocycles. The van der Waals surface area contributed by atoms with E-state index in [-0.39, 0.29) is 24.7 Å². The van der Waals surface area contributed by atoms with E-state index in [9.17, 15) is 14.7 Å². The number of nitrogens with one attached hydrogen (secondary N) is 2. The second-order valence-electron chi connectivity index (χ2n) is 6.74. The molecule has 30 heavy (non-hydrogen) atoms. The number of urea groups is 1. The number of carbonyl (C=O) groups is 1. The zero-order valence-electron chi connectivity index (χ0n) is 16.7. The molecule has 0 aliphatic rings. The molecular formula is C22H24ClN3O4. The van der Waals surface area contributed by atoms with E-state index in [0.29, 0.717) is 47.1 Å². The molecule has 158 valence electrons. The number of anilines is 1. The van der Waals surface area contributed by atoms with Crippen LogP contribution in [0.4, 0.5) is 10.5 Å². The Labute approximate surface area is 179 Å². The average molecular weight is 430 g/mol. The van der Waals surface area contributed by atoms with Crippen LogP contribution >= 0.6 is 11.6 Å². The molecule has 0 saturated heterocycles. The van der Waals surface area contributed by atoms with Crippen LogP contribution in [0.5, 0.6) is 5.75 Å². The summed E-state index contributed by atoms with van der Waals surface area (Å²) in [6, 6.07) is 13.6. The van der Waals surface area contributed by atoms with Gasteiger partial charge in [-0.1, -0.05) is 17.7 Å². The van der Waals surface area contributed by atoms with Crippen LogP contribution < -0.4 is 15.6 Å². The van der Waals surface area contributed by atoms with Crippen molar-refractivity contribution in [2.75, 3.05) is 25.1 Å². The summed E-state index contributed by atoms with van der Waals surface area (Å²) in [5.74, 6) is 0.707. The predicted molar refractivity (Wildman–Crippen MR) is 118 cm³/mol. The molecule has 0 aliphatic carbocycles. The van der Waals surface area contributed by atoms with Crippen molar-refractivity contribution in [2.45, 2.75) is 19.9 Å². The molecule has 0 unspecified atom stereocenters. The summed E-state index contributed by atoms with van der Waals surface area (Å²) in [7, 11) is 0. The maximum atomic E-state index is 12.8. The van der Waals surface area contributed by atoms with Crippen molar-refractivity contribution < 1.29 is 14.6 Å². The van der Waals surface area contributed by atoms with Crippen LogP contribution in [0, 0.1) is 0 Å². The smallest absolute Gasteiger partial charge is 0.322 e. The Morgan fingerprint density at radius 1 is 1.23 bits per heavy atom. The fraction of sp³-hybridized carbons (Fsp3) is 0.273. The first-order chi connectivity index (χ1) is 14.5. The molecule has 3 N–H and O–H groups in total. The van der Waals surface area contributed by atoms with Crippen molar-refractivity contribution in [3.63, 3.8) is 0 Å². The average Bonchev–Trinajstić information content (AvgIpc) is 2.71. The third-order valence-corrected chi connectivity index (χ3v) is 4.75. The molecule has 8 heteroatoms. The number of pyridine rings is 1. The standard InChI is InChI=1S/C22H24ClN3O4/c1-2-30-19-7-8-20-15(12-19)11-16(21(28)25-20)14-26(9-4-10-27)22(29)24-18-6-3-5-17(23)13-18/h3,5-8,11-13,27H,2,4,9-10,14H2,1H3,(H,24,29)(H,25,28). The van der Waals surface area contributed by atoms with Crippen LogP contribution in [-0.2, 0) is 6.54 Å². The number of amides is 2. The number of halogens is 1. The molecule has 1 aromatic heterocycles. The number of aliphatic hydroxyl groups excluding tert-OH is 1. The minimum absolute atomic E-state index is 0.0628. The number of aromatic nitrogens is 1. The predicted octanol–water partition coefficient (Wildman–Crippen LogP) is 4.00. The van der Waals surface area contributed by atoms with Gasteiger partial charge in [0.05, 0.1) is 13.2 Å². The molecule has 7 nitrogen and oxygen atoms in total. The van der Waals surface area contributed by atoms with Crippen LogP contribution in [0.1, 0.15) is 18.9 Å². The highest BCUT2D eigenvalue weighted by molar-refractivity contribution is 6.30. The third-order valence-electron chi connectivity index (χ3n) is 4.51. The van der Waals surface area contributed by atoms with E-state index in [1.807, 2.05) is 13.0 Å². The molecule has 2 aromatic carbocycles. The van der Waals surface area contributed by atoms with Crippen LogP contribution in [0.25, 0.3) is 10.9 Å². The molecule has 0 saturated carbocycles. The molecule has 3 rings (SSSR count). The summed E-state index contributed by atoms with van der Waals surface area (Å²) in [6.07, 6.45) is 0.392. The molecular weight excluding hydrogens is 406 g/mol. The molecule has 0 spiro atoms. The SMILES string of the molecule is CCOc1ccc2[nH]c(=O)c(CN(CCCO)C(=O)Nc3cccc(Cl)c3)cc2c1. The monoisotopic (exact) mass is 429 g/mol. The summed E-state index contributed by atoms with van der Waals surface area (Å²) in [5.41, 5.74) is 1.42. The third kappa shape index (κ3) is 5.52. The second kappa shape index (κ2) is 10.1. The van der Waals surface area contributed by atoms with Gasteiger partial charge in [0.25, 0.3) is 5.56 Å². The highest BCUT2D eigenvalue weighted by Crippen LogP contribution is 2.20. The number of benzene rings is 2. The van der Waals surface area contributed by atoms with Crippen LogP contribution in [-0.4, -0.2) is 40.8 Å². The number of rotatable bonds is 8. The summed E-state index contributed by atoms with van der Waals surface area (Å²) in [6.45, 7) is 2.77. The van der Waals surface area contributed by atoms with Gasteiger partial charge in [0.1, 0.15) is 5.75 Å². The van der Waals surface area contributed by atoms with E-state index in [1.54, 1.807) is 42.5 Å². The Morgan fingerprint density at radius 2 is 2.07 bits per heavy atom. The van der Waals surface area contributed by atoms with Gasteiger partial charge >= 0.3 is 6.03 Å². The topological polar surface area (TPSA) is 94.7 Å². The zero-order valence-corrected chi connectivity index (χ0v) is 17.4. The van der Waals surface area contributed by atoms with Crippen LogP contribution in [0.15, 0.2) is 53.3 Å². The molecule has 0 fully saturated rings. The Kier molecular flexibility index (Phi) is 7.32. The highest BCUT2D eigenvalue weighted by Gasteiger charge is 2.16. The molecule has 3 aromatic rings. The largest absolute Gasteiger partial charge is 0.494 e. The molecule has 0 bridgehead atoms. The van der Waals surface area contributed by atoms with Crippen molar-refractivity contribution in [1.29, 1.82) is 0 Å². The number of aromatic amines is 1. The lowest BCUT2D eigenvalue weighted by atomic mass is 10.1. The van der Waals surface area contributed by atoms with Gasteiger partial charge in [-0.15, -0.1) is 0 Å². The Balaban J connectivity index is 1.85. The summed E-state index contributed by atoms with van der Waals surface area (Å²) in [4.78, 5) is 29.7. The Morgan fingerprint density at radius 3 is 2.80 bits per heavy atom. The van der Waals surface area contributed by atoms with Crippen LogP contribution in [0.2, 0.25) is 5.02 Å². The van der Waals surface area contributed by atoms with E-state index < -0.39 is 0 Å². The van der Waals surface area contributed by atoms with Gasteiger partial charge in [0.2, 0.25) is 0 Å². The summed E-state index contributed by atoms with van der Waals surface area (Å²) in [5, 5.41) is 13.3. The number of aliphatic hydroxyl groups is 1. The fourth-order valence-corrected chi connectivity index (χ4v) is 3.28. The van der Waals surface area contributed by atoms with Gasteiger partial charge in [0, 0.05) is 40.3 Å². The van der Waals surface area contributed by atoms with E-state index >= 15 is 0 Å². The van der Waals surface area contributed by atoms with Crippen molar-refractivity contribution in [2.24, 2.45) is 0 Å². The van der Waals surface area contributed by atoms with E-state index in [1.165, 1.54) is 4.90 Å². The Hall–Kier alpha value is -3.03. The maximum absolute atomic E-state index is 12.8. The number of fused-ring (bicyclic) bond motifs is 1. The van der Waals surface area contributed by atoms with Crippen LogP contribution in [0.3, 0.4) is 0 Å². The number of ether oxygens (including phenoxy) is 1. The zero-order chi connectivity index (χ0) is 21.5. The fourth-order valence-electron chi connectivity index (χ4n) is 3.09. The maximum Gasteiger partial charge on any atom is 0.322 e. The first kappa shape index (κ1) is 21.7. The van der Waals surface area contributed by atoms with E-state index in [2.05, 4.69) is 10.3 Å². The number of carbonyl (C=O) groups excluding carboxylic acids is 1. The molecule has 0 radical (unpaired) electrons. The van der Waals surface area contributed by atoms with E-state index in [0.717, 1.165) is 5.39 Å². The lowest BCUT2D eigenvalue weighted by Crippen LogP contribution is -2.37. The van der Waals surface area contributed by atoms with Gasteiger partial charge < -0.3 is 25.0 Å². The van der Waals surface area contributed by atoms with Gasteiger partial charge in [-0.3, -0.25) is 4.79 Å². The summed E-state index contributed by atoms with van der Waals surface area (Å²) >= 11 is 5.98. The van der Waals surface area contributed by atoms with E-state index in [4.69, 9.17) is 16.3 Å². The Bertz CT molecular complexity index is 1080. The van der Waals surface area contributed by atoms with Gasteiger partial charge in [0.15, 0.2) is 0 Å². The van der Waals surface area contributed by atoms with Crippen molar-refractivity contribution in [3.05, 3.63) is 69.5 Å². The lowest BCUT2D eigenvalue weighted by molar-refractivity contribution is 0.199. The van der Waals surface area contributed by atoms with Gasteiger partial charge in [-0.25, -0.2) is 4.79 Å². The number of hydrogen-bond acceptors (Lipinski definition) is 4. The summed E-state index contributed by atoms with van der Waals surface area (Å²) < 4.78 is 5.53. The first-order valence-electron chi connectivity index (χ1n) is 9.71. The van der Waals surface area contributed by atoms with Gasteiger partial charge in [-0.05, 0) is 55.8 Å². The first-order valence-corrected chi connectivity index (χ1v) is 10.1. The molecule has 0 aliphatic heterocycles.